The first-order chi connectivity index (χ1) is 13.9. The Morgan fingerprint density at radius 2 is 2.07 bits per heavy atom. The molecule has 3 aliphatic rings. The van der Waals surface area contributed by atoms with Crippen LogP contribution in [0.4, 0.5) is 0 Å². The number of fused-ring (bicyclic) bond motifs is 1. The Kier molecular flexibility index (Phi) is 5.67. The molecule has 4 rings (SSSR count). The highest BCUT2D eigenvalue weighted by atomic mass is 16.1. The number of aldehydes is 1. The lowest BCUT2D eigenvalue weighted by Gasteiger charge is -2.54. The number of rotatable bonds is 6. The van der Waals surface area contributed by atoms with Crippen LogP contribution in [0.3, 0.4) is 0 Å². The number of carbonyl (C=O) groups excluding carboxylic acids is 1. The molecule has 1 saturated carbocycles. The second kappa shape index (κ2) is 7.94. The summed E-state index contributed by atoms with van der Waals surface area (Å²) >= 11 is 0. The van der Waals surface area contributed by atoms with E-state index in [1.165, 1.54) is 37.8 Å². The molecule has 2 aliphatic carbocycles. The molecule has 1 saturated heterocycles. The fourth-order valence-electron chi connectivity index (χ4n) is 6.98. The van der Waals surface area contributed by atoms with E-state index in [9.17, 15) is 4.79 Å². The second-order valence-corrected chi connectivity index (χ2v) is 10.1. The Morgan fingerprint density at radius 1 is 1.24 bits per heavy atom. The number of aromatic nitrogens is 2. The molecular formula is C25H37N3O. The van der Waals surface area contributed by atoms with Gasteiger partial charge in [-0.05, 0) is 94.2 Å². The molecule has 1 aliphatic heterocycles. The molecule has 2 heterocycles. The predicted molar refractivity (Wildman–Crippen MR) is 117 cm³/mol. The van der Waals surface area contributed by atoms with Crippen LogP contribution in [0.5, 0.6) is 0 Å². The van der Waals surface area contributed by atoms with Crippen LogP contribution in [0.15, 0.2) is 18.5 Å². The van der Waals surface area contributed by atoms with Gasteiger partial charge in [-0.2, -0.15) is 0 Å². The molecule has 0 amide bonds. The van der Waals surface area contributed by atoms with Crippen LogP contribution in [0, 0.1) is 23.2 Å². The van der Waals surface area contributed by atoms with Crippen molar-refractivity contribution in [2.24, 2.45) is 23.2 Å². The molecule has 0 aromatic carbocycles. The minimum Gasteiger partial charge on any atom is -0.303 e. The summed E-state index contributed by atoms with van der Waals surface area (Å²) in [5.74, 6) is 1.88. The van der Waals surface area contributed by atoms with E-state index in [1.807, 2.05) is 12.4 Å². The van der Waals surface area contributed by atoms with E-state index >= 15 is 0 Å². The lowest BCUT2D eigenvalue weighted by atomic mass is 9.53. The third kappa shape index (κ3) is 3.37. The normalized spacial score (nSPS) is 37.4. The van der Waals surface area contributed by atoms with Gasteiger partial charge in [-0.3, -0.25) is 4.98 Å². The van der Waals surface area contributed by atoms with E-state index in [-0.39, 0.29) is 11.0 Å². The summed E-state index contributed by atoms with van der Waals surface area (Å²) in [4.78, 5) is 23.3. The fourth-order valence-corrected chi connectivity index (χ4v) is 6.98. The van der Waals surface area contributed by atoms with Crippen molar-refractivity contribution in [2.75, 3.05) is 13.6 Å². The van der Waals surface area contributed by atoms with Crippen molar-refractivity contribution in [1.82, 2.24) is 14.9 Å². The van der Waals surface area contributed by atoms with E-state index in [0.717, 1.165) is 36.9 Å². The number of carbonyl (C=O) groups is 1. The average Bonchev–Trinajstić information content (AvgIpc) is 3.25. The van der Waals surface area contributed by atoms with Crippen LogP contribution in [-0.4, -0.2) is 40.3 Å². The van der Waals surface area contributed by atoms with Crippen LogP contribution >= 0.6 is 0 Å². The van der Waals surface area contributed by atoms with E-state index < -0.39 is 0 Å². The molecule has 0 bridgehead atoms. The fraction of sp³-hybridized carbons (Fsp3) is 0.720. The monoisotopic (exact) mass is 395 g/mol. The molecular weight excluding hydrogens is 358 g/mol. The van der Waals surface area contributed by atoms with Crippen LogP contribution in [0.1, 0.15) is 77.1 Å². The Balaban J connectivity index is 1.66. The van der Waals surface area contributed by atoms with E-state index in [2.05, 4.69) is 43.8 Å². The summed E-state index contributed by atoms with van der Waals surface area (Å²) in [6, 6.07) is 0. The molecule has 158 valence electrons. The molecule has 29 heavy (non-hydrogen) atoms. The summed E-state index contributed by atoms with van der Waals surface area (Å²) in [5, 5.41) is 0. The SMILES string of the molecule is CCc1cncc(C2=CCC3C(CCC=O)C(C4(C)CCCN4C)CCC23C)n1. The Hall–Kier alpha value is -1.55. The van der Waals surface area contributed by atoms with Crippen molar-refractivity contribution in [1.29, 1.82) is 0 Å². The van der Waals surface area contributed by atoms with Gasteiger partial charge in [0, 0.05) is 18.2 Å². The van der Waals surface area contributed by atoms with Crippen LogP contribution in [-0.2, 0) is 11.2 Å². The molecule has 0 radical (unpaired) electrons. The van der Waals surface area contributed by atoms with Crippen molar-refractivity contribution >= 4 is 11.9 Å². The summed E-state index contributed by atoms with van der Waals surface area (Å²) in [7, 11) is 2.31. The zero-order valence-corrected chi connectivity index (χ0v) is 18.7. The highest BCUT2D eigenvalue weighted by molar-refractivity contribution is 5.70. The van der Waals surface area contributed by atoms with Gasteiger partial charge in [-0.25, -0.2) is 4.98 Å². The molecule has 0 N–H and O–H groups in total. The summed E-state index contributed by atoms with van der Waals surface area (Å²) in [6.45, 7) is 8.29. The summed E-state index contributed by atoms with van der Waals surface area (Å²) < 4.78 is 0. The van der Waals surface area contributed by atoms with Gasteiger partial charge in [0.2, 0.25) is 0 Å². The number of hydrogen-bond acceptors (Lipinski definition) is 4. The predicted octanol–water partition coefficient (Wildman–Crippen LogP) is 4.94. The second-order valence-electron chi connectivity index (χ2n) is 10.1. The lowest BCUT2D eigenvalue weighted by Crippen LogP contribution is -2.53. The first-order valence-corrected chi connectivity index (χ1v) is 11.6. The highest BCUT2D eigenvalue weighted by Crippen LogP contribution is 2.62. The Bertz CT molecular complexity index is 790. The number of aryl methyl sites for hydroxylation is 1. The number of nitrogens with zero attached hydrogens (tertiary/aromatic N) is 3. The van der Waals surface area contributed by atoms with E-state index in [0.29, 0.717) is 24.2 Å². The maximum Gasteiger partial charge on any atom is 0.120 e. The minimum absolute atomic E-state index is 0.151. The zero-order chi connectivity index (χ0) is 20.6. The number of allylic oxidation sites excluding steroid dienone is 2. The van der Waals surface area contributed by atoms with Crippen molar-refractivity contribution in [3.63, 3.8) is 0 Å². The van der Waals surface area contributed by atoms with Crippen molar-refractivity contribution in [2.45, 2.75) is 77.7 Å². The molecule has 2 fully saturated rings. The van der Waals surface area contributed by atoms with Crippen LogP contribution in [0.25, 0.3) is 5.57 Å². The van der Waals surface area contributed by atoms with Gasteiger partial charge in [-0.1, -0.05) is 19.9 Å². The maximum absolute atomic E-state index is 11.3. The first kappa shape index (κ1) is 20.7. The summed E-state index contributed by atoms with van der Waals surface area (Å²) in [5.41, 5.74) is 3.98. The van der Waals surface area contributed by atoms with Crippen LogP contribution in [0.2, 0.25) is 0 Å². The van der Waals surface area contributed by atoms with Crippen LogP contribution < -0.4 is 0 Å². The quantitative estimate of drug-likeness (QED) is 0.640. The van der Waals surface area contributed by atoms with Gasteiger partial charge >= 0.3 is 0 Å². The van der Waals surface area contributed by atoms with Gasteiger partial charge in [0.25, 0.3) is 0 Å². The molecule has 1 aromatic rings. The molecule has 0 spiro atoms. The summed E-state index contributed by atoms with van der Waals surface area (Å²) in [6.07, 6.45) is 16.2. The van der Waals surface area contributed by atoms with Gasteiger partial charge in [-0.15, -0.1) is 0 Å². The molecule has 5 unspecified atom stereocenters. The molecule has 5 atom stereocenters. The van der Waals surface area contributed by atoms with Gasteiger partial charge < -0.3 is 9.69 Å². The smallest absolute Gasteiger partial charge is 0.120 e. The third-order valence-electron chi connectivity index (χ3n) is 8.81. The molecule has 4 heteroatoms. The van der Waals surface area contributed by atoms with Gasteiger partial charge in [0.05, 0.1) is 17.6 Å². The maximum atomic E-state index is 11.3. The highest BCUT2D eigenvalue weighted by Gasteiger charge is 2.55. The standard InChI is InChI=1S/C25H37N3O/c1-5-18-16-26-17-23(27-18)22-10-9-20-19(8-6-15-29)21(11-13-24(20,22)2)25(3)12-7-14-28(25)4/h10,15-17,19-21H,5-9,11-14H2,1-4H3. The topological polar surface area (TPSA) is 46.1 Å². The Morgan fingerprint density at radius 3 is 2.76 bits per heavy atom. The largest absolute Gasteiger partial charge is 0.303 e. The first-order valence-electron chi connectivity index (χ1n) is 11.6. The average molecular weight is 396 g/mol. The third-order valence-corrected chi connectivity index (χ3v) is 8.81. The van der Waals surface area contributed by atoms with Crippen molar-refractivity contribution in [3.05, 3.63) is 29.9 Å². The minimum atomic E-state index is 0.151. The lowest BCUT2D eigenvalue weighted by molar-refractivity contribution is -0.108. The zero-order valence-electron chi connectivity index (χ0n) is 18.7. The number of hydrogen-bond donors (Lipinski definition) is 0. The van der Waals surface area contributed by atoms with Crippen molar-refractivity contribution in [3.8, 4) is 0 Å². The van der Waals surface area contributed by atoms with E-state index in [1.54, 1.807) is 0 Å². The Labute approximate surface area is 176 Å². The molecule has 1 aromatic heterocycles. The molecule has 4 nitrogen and oxygen atoms in total. The number of likely N-dealkylation sites (tertiary alicyclic amines) is 1. The van der Waals surface area contributed by atoms with E-state index in [4.69, 9.17) is 4.98 Å². The van der Waals surface area contributed by atoms with Gasteiger partial charge in [0.15, 0.2) is 0 Å². The van der Waals surface area contributed by atoms with Gasteiger partial charge in [0.1, 0.15) is 6.29 Å². The van der Waals surface area contributed by atoms with Crippen molar-refractivity contribution < 1.29 is 4.79 Å².